The molecule has 2 rings (SSSR count). The van der Waals surface area contributed by atoms with Crippen LogP contribution in [-0.4, -0.2) is 6.04 Å². The Morgan fingerprint density at radius 1 is 1.27 bits per heavy atom. The minimum absolute atomic E-state index is 0.185. The van der Waals surface area contributed by atoms with Gasteiger partial charge in [-0.2, -0.15) is 0 Å². The number of nitrogens with two attached hydrogens (primary N) is 1. The molecular formula is C13H14ClN. The fraction of sp³-hybridized carbons (Fsp3) is 0.231. The van der Waals surface area contributed by atoms with E-state index >= 15 is 0 Å². The molecule has 2 heteroatoms. The summed E-state index contributed by atoms with van der Waals surface area (Å²) in [6.45, 7) is 2.01. The molecule has 0 heterocycles. The van der Waals surface area contributed by atoms with E-state index < -0.39 is 0 Å². The van der Waals surface area contributed by atoms with Crippen LogP contribution in [0.25, 0.3) is 10.8 Å². The number of rotatable bonds is 2. The Kier molecular flexibility index (Phi) is 2.94. The third kappa shape index (κ3) is 2.31. The molecule has 1 nitrogen and oxygen atoms in total. The van der Waals surface area contributed by atoms with Crippen molar-refractivity contribution in [2.24, 2.45) is 5.73 Å². The van der Waals surface area contributed by atoms with Gasteiger partial charge in [0.05, 0.1) is 0 Å². The van der Waals surface area contributed by atoms with E-state index in [0.717, 1.165) is 16.8 Å². The highest BCUT2D eigenvalue weighted by molar-refractivity contribution is 6.35. The van der Waals surface area contributed by atoms with E-state index in [1.165, 1.54) is 10.9 Å². The van der Waals surface area contributed by atoms with Crippen LogP contribution in [0.2, 0.25) is 5.02 Å². The fourth-order valence-electron chi connectivity index (χ4n) is 1.78. The molecule has 0 radical (unpaired) electrons. The highest BCUT2D eigenvalue weighted by Gasteiger charge is 2.02. The molecule has 0 aliphatic carbocycles. The lowest BCUT2D eigenvalue weighted by molar-refractivity contribution is 0.739. The van der Waals surface area contributed by atoms with E-state index in [9.17, 15) is 0 Å². The van der Waals surface area contributed by atoms with Gasteiger partial charge in [-0.25, -0.2) is 0 Å². The number of hydrogen-bond acceptors (Lipinski definition) is 1. The topological polar surface area (TPSA) is 26.0 Å². The molecule has 0 aliphatic heterocycles. The Labute approximate surface area is 94.9 Å². The third-order valence-corrected chi connectivity index (χ3v) is 2.78. The van der Waals surface area contributed by atoms with Crippen LogP contribution in [0.5, 0.6) is 0 Å². The molecule has 0 aromatic heterocycles. The normalized spacial score (nSPS) is 13.0. The second kappa shape index (κ2) is 4.21. The lowest BCUT2D eigenvalue weighted by Crippen LogP contribution is -2.17. The first kappa shape index (κ1) is 10.5. The predicted octanol–water partition coefficient (Wildman–Crippen LogP) is 3.38. The molecule has 0 saturated carbocycles. The highest BCUT2D eigenvalue weighted by Crippen LogP contribution is 2.24. The van der Waals surface area contributed by atoms with Gasteiger partial charge in [0.1, 0.15) is 0 Å². The average Bonchev–Trinajstić information content (AvgIpc) is 2.18. The molecule has 1 unspecified atom stereocenters. The van der Waals surface area contributed by atoms with Gasteiger partial charge in [0, 0.05) is 16.5 Å². The third-order valence-electron chi connectivity index (χ3n) is 2.45. The van der Waals surface area contributed by atoms with Crippen LogP contribution in [0.15, 0.2) is 36.4 Å². The maximum Gasteiger partial charge on any atom is 0.0484 e. The van der Waals surface area contributed by atoms with Gasteiger partial charge >= 0.3 is 0 Å². The van der Waals surface area contributed by atoms with Crippen LogP contribution in [-0.2, 0) is 6.42 Å². The van der Waals surface area contributed by atoms with Crippen molar-refractivity contribution in [3.8, 4) is 0 Å². The molecule has 0 fully saturated rings. The van der Waals surface area contributed by atoms with Crippen molar-refractivity contribution in [3.63, 3.8) is 0 Å². The van der Waals surface area contributed by atoms with Crippen molar-refractivity contribution >= 4 is 22.4 Å². The molecule has 0 spiro atoms. The Morgan fingerprint density at radius 3 is 2.80 bits per heavy atom. The Morgan fingerprint density at radius 2 is 2.07 bits per heavy atom. The predicted molar refractivity (Wildman–Crippen MR) is 66.3 cm³/mol. The van der Waals surface area contributed by atoms with Crippen molar-refractivity contribution < 1.29 is 0 Å². The maximum absolute atomic E-state index is 6.13. The van der Waals surface area contributed by atoms with Crippen molar-refractivity contribution in [1.82, 2.24) is 0 Å². The van der Waals surface area contributed by atoms with E-state index in [1.54, 1.807) is 0 Å². The summed E-state index contributed by atoms with van der Waals surface area (Å²) in [4.78, 5) is 0. The van der Waals surface area contributed by atoms with Crippen molar-refractivity contribution in [1.29, 1.82) is 0 Å². The first-order chi connectivity index (χ1) is 7.16. The highest BCUT2D eigenvalue weighted by atomic mass is 35.5. The SMILES string of the molecule is CC(N)Cc1ccc2cccc(Cl)c2c1. The zero-order valence-corrected chi connectivity index (χ0v) is 9.46. The van der Waals surface area contributed by atoms with Crippen molar-refractivity contribution in [3.05, 3.63) is 47.0 Å². The second-order valence-electron chi connectivity index (χ2n) is 3.98. The van der Waals surface area contributed by atoms with E-state index in [4.69, 9.17) is 17.3 Å². The van der Waals surface area contributed by atoms with Crippen LogP contribution in [0.1, 0.15) is 12.5 Å². The van der Waals surface area contributed by atoms with Crippen LogP contribution >= 0.6 is 11.6 Å². The average molecular weight is 220 g/mol. The van der Waals surface area contributed by atoms with Gasteiger partial charge < -0.3 is 5.73 Å². The summed E-state index contributed by atoms with van der Waals surface area (Å²) in [5, 5.41) is 3.09. The van der Waals surface area contributed by atoms with Gasteiger partial charge in [0.25, 0.3) is 0 Å². The van der Waals surface area contributed by atoms with Gasteiger partial charge in [-0.3, -0.25) is 0 Å². The van der Waals surface area contributed by atoms with Crippen LogP contribution in [0, 0.1) is 0 Å². The van der Waals surface area contributed by atoms with E-state index in [2.05, 4.69) is 24.3 Å². The Bertz CT molecular complexity index is 477. The number of fused-ring (bicyclic) bond motifs is 1. The first-order valence-electron chi connectivity index (χ1n) is 5.09. The summed E-state index contributed by atoms with van der Waals surface area (Å²) < 4.78 is 0. The van der Waals surface area contributed by atoms with Crippen LogP contribution < -0.4 is 5.73 Å². The van der Waals surface area contributed by atoms with Crippen molar-refractivity contribution in [2.45, 2.75) is 19.4 Å². The lowest BCUT2D eigenvalue weighted by atomic mass is 10.0. The zero-order chi connectivity index (χ0) is 10.8. The Hall–Kier alpha value is -1.05. The summed E-state index contributed by atoms with van der Waals surface area (Å²) >= 11 is 6.13. The van der Waals surface area contributed by atoms with Crippen LogP contribution in [0.3, 0.4) is 0 Å². The summed E-state index contributed by atoms with van der Waals surface area (Å²) in [7, 11) is 0. The molecular weight excluding hydrogens is 206 g/mol. The molecule has 2 N–H and O–H groups in total. The van der Waals surface area contributed by atoms with E-state index in [0.29, 0.717) is 0 Å². The van der Waals surface area contributed by atoms with E-state index in [1.807, 2.05) is 19.1 Å². The molecule has 2 aromatic rings. The number of hydrogen-bond donors (Lipinski definition) is 1. The quantitative estimate of drug-likeness (QED) is 0.824. The summed E-state index contributed by atoms with van der Waals surface area (Å²) in [6.07, 6.45) is 0.890. The minimum Gasteiger partial charge on any atom is -0.328 e. The molecule has 0 saturated heterocycles. The molecule has 1 atom stereocenters. The van der Waals surface area contributed by atoms with Gasteiger partial charge in [-0.1, -0.05) is 35.9 Å². The second-order valence-corrected chi connectivity index (χ2v) is 4.38. The van der Waals surface area contributed by atoms with Gasteiger partial charge in [0.2, 0.25) is 0 Å². The first-order valence-corrected chi connectivity index (χ1v) is 5.47. The maximum atomic E-state index is 6.13. The standard InChI is InChI=1S/C13H14ClN/c1-9(15)7-10-5-6-11-3-2-4-13(14)12(11)8-10/h2-6,8-9H,7,15H2,1H3. The largest absolute Gasteiger partial charge is 0.328 e. The van der Waals surface area contributed by atoms with Crippen molar-refractivity contribution in [2.75, 3.05) is 0 Å². The fourth-order valence-corrected chi connectivity index (χ4v) is 2.02. The van der Waals surface area contributed by atoms with Gasteiger partial charge in [0.15, 0.2) is 0 Å². The van der Waals surface area contributed by atoms with Gasteiger partial charge in [-0.15, -0.1) is 0 Å². The summed E-state index contributed by atoms with van der Waals surface area (Å²) in [5.41, 5.74) is 7.01. The summed E-state index contributed by atoms with van der Waals surface area (Å²) in [5.74, 6) is 0. The van der Waals surface area contributed by atoms with E-state index in [-0.39, 0.29) is 6.04 Å². The van der Waals surface area contributed by atoms with Gasteiger partial charge in [-0.05, 0) is 36.4 Å². The van der Waals surface area contributed by atoms with Crippen LogP contribution in [0.4, 0.5) is 0 Å². The molecule has 0 bridgehead atoms. The molecule has 0 amide bonds. The molecule has 2 aromatic carbocycles. The minimum atomic E-state index is 0.185. The monoisotopic (exact) mass is 219 g/mol. The zero-order valence-electron chi connectivity index (χ0n) is 8.70. The molecule has 78 valence electrons. The molecule has 0 aliphatic rings. The molecule has 15 heavy (non-hydrogen) atoms. The number of halogens is 1. The Balaban J connectivity index is 2.50. The number of benzene rings is 2. The summed E-state index contributed by atoms with van der Waals surface area (Å²) in [6, 6.07) is 12.5. The smallest absolute Gasteiger partial charge is 0.0484 e. The lowest BCUT2D eigenvalue weighted by Gasteiger charge is -2.07.